The maximum absolute atomic E-state index is 13.3. The molecular formula is C93H116F4N12O16. The average molecular weight is 1730 g/mol. The Labute approximate surface area is 726 Å². The van der Waals surface area contributed by atoms with Gasteiger partial charge in [-0.15, -0.1) is 0 Å². The van der Waals surface area contributed by atoms with E-state index in [-0.39, 0.29) is 70.6 Å². The summed E-state index contributed by atoms with van der Waals surface area (Å²) < 4.78 is 86.3. The lowest BCUT2D eigenvalue weighted by Gasteiger charge is -2.30. The number of fused-ring (bicyclic) bond motifs is 3. The van der Waals surface area contributed by atoms with E-state index >= 15 is 0 Å². The van der Waals surface area contributed by atoms with Crippen LogP contribution in [-0.2, 0) is 24.0 Å². The molecule has 1 aromatic heterocycles. The molecule has 0 aliphatic carbocycles. The maximum Gasteiger partial charge on any atom is 0.308 e. The molecule has 28 nitrogen and oxygen atoms in total. The predicted octanol–water partition coefficient (Wildman–Crippen LogP) is 9.02. The molecule has 11 atom stereocenters. The number of carbonyl (C=O) groups is 5. The van der Waals surface area contributed by atoms with E-state index in [9.17, 15) is 56.9 Å². The van der Waals surface area contributed by atoms with Crippen LogP contribution in [0.5, 0.6) is 34.5 Å². The van der Waals surface area contributed by atoms with E-state index in [4.69, 9.17) is 38.6 Å². The molecule has 3 amide bonds. The Balaban J connectivity index is 0.000000135. The first kappa shape index (κ1) is 90.5. The van der Waals surface area contributed by atoms with E-state index in [1.807, 2.05) is 59.5 Å². The molecule has 8 saturated heterocycles. The summed E-state index contributed by atoms with van der Waals surface area (Å²) in [6.45, 7) is 17.2. The molecule has 8 fully saturated rings. The molecule has 12 heterocycles. The maximum atomic E-state index is 13.3. The molecule has 18 rings (SSSR count). The summed E-state index contributed by atoms with van der Waals surface area (Å²) in [6, 6.07) is 37.1. The number of anilines is 4. The summed E-state index contributed by atoms with van der Waals surface area (Å²) >= 11 is 0. The number of aromatic nitrogens is 1. The third-order valence-corrected chi connectivity index (χ3v) is 25.0. The highest BCUT2D eigenvalue weighted by Crippen LogP contribution is 2.39. The van der Waals surface area contributed by atoms with E-state index < -0.39 is 48.4 Å². The number of aliphatic hydroxyl groups excluding tert-OH is 3. The Kier molecular flexibility index (Phi) is 31.8. The molecule has 11 aliphatic heterocycles. The van der Waals surface area contributed by atoms with Crippen LogP contribution < -0.4 is 69.3 Å². The first-order valence-electron chi connectivity index (χ1n) is 44.0. The van der Waals surface area contributed by atoms with Gasteiger partial charge in [0.1, 0.15) is 87.0 Å². The number of amides is 3. The lowest BCUT2D eigenvalue weighted by atomic mass is 9.99. The summed E-state index contributed by atoms with van der Waals surface area (Å²) in [6.07, 6.45) is 8.93. The van der Waals surface area contributed by atoms with Crippen molar-refractivity contribution in [1.82, 2.24) is 41.0 Å². The number of rotatable bonds is 24. The number of nitrogens with zero attached hydrogens (tertiary/aromatic N) is 8. The van der Waals surface area contributed by atoms with Crippen LogP contribution in [0.3, 0.4) is 0 Å². The van der Waals surface area contributed by atoms with E-state index in [2.05, 4.69) is 55.7 Å². The fourth-order valence-electron chi connectivity index (χ4n) is 17.9. The highest BCUT2D eigenvalue weighted by Gasteiger charge is 2.39. The SMILES string of the molecule is O=C(N[C@H](CN1CCCC1)[C@H](O)c1ccc2c(c1)OCCO2)C1CCN(c2ccc(F)cc2)C1.O=C(N[C@H](CN1CCCC1)[C@H](O)c1ccc2c(c1)OCCO2)[C@@H]1CCN(c2ccc(F)cc2)C1.O=C(N[C@H](CN1CCCC1)[C@H](O)c1ccc2c(c1)OCCO2)[C@H]1CCN(c2ccc(F)cc2)C1.O=C(O)C1CCN(c2ccc(F)cn2)C1.O=C(O)C1CCNC1. The molecule has 7 aromatic rings. The predicted molar refractivity (Wildman–Crippen MR) is 461 cm³/mol. The van der Waals surface area contributed by atoms with Crippen LogP contribution in [-0.4, -0.2) is 257 Å². The number of hydrogen-bond donors (Lipinski definition) is 9. The molecule has 3 unspecified atom stereocenters. The molecule has 0 bridgehead atoms. The fraction of sp³-hybridized carbons (Fsp3) is 0.505. The highest BCUT2D eigenvalue weighted by molar-refractivity contribution is 5.82. The van der Waals surface area contributed by atoms with Gasteiger partial charge in [0.15, 0.2) is 34.5 Å². The molecule has 6 aromatic carbocycles. The van der Waals surface area contributed by atoms with Gasteiger partial charge in [-0.05, 0) is 254 Å². The fourth-order valence-corrected chi connectivity index (χ4v) is 17.9. The van der Waals surface area contributed by atoms with Crippen molar-refractivity contribution in [3.63, 3.8) is 0 Å². The topological polar surface area (TPSA) is 326 Å². The molecule has 11 aliphatic rings. The molecular weight excluding hydrogens is 1620 g/mol. The van der Waals surface area contributed by atoms with Crippen LogP contribution in [0, 0.1) is 52.9 Å². The van der Waals surface area contributed by atoms with Crippen molar-refractivity contribution in [2.75, 3.05) is 184 Å². The Morgan fingerprint density at radius 3 is 0.960 bits per heavy atom. The standard InChI is InChI=1S/3C26H32FN3O4.C10H11FN2O2.C5H9NO2/c3*27-20-4-6-21(7-5-20)30-12-9-19(16-30)26(32)28-22(17-29-10-1-2-11-29)25(31)18-3-8-23-24(15-18)34-14-13-33-23;11-8-1-2-9(12-5-8)13-4-3-7(6-13)10(14)15;7-5(8)4-1-2-6-3-4/h3*3-8,15,19,22,25,31H,1-2,9-14,16-17H2,(H,28,32);1-2,5,7H,3-4,6H2,(H,14,15);4,6H,1-3H2,(H,7,8)/t19?,22-,25-;19-,22+,25+;19-,22-,25-;;/m101../s1. The van der Waals surface area contributed by atoms with Crippen molar-refractivity contribution in [2.24, 2.45) is 29.6 Å². The van der Waals surface area contributed by atoms with Crippen LogP contribution >= 0.6 is 0 Å². The summed E-state index contributed by atoms with van der Waals surface area (Å²) in [5.74, 6) is 0.739. The first-order valence-corrected chi connectivity index (χ1v) is 44.0. The minimum atomic E-state index is -0.866. The van der Waals surface area contributed by atoms with Gasteiger partial charge in [-0.25, -0.2) is 22.5 Å². The third kappa shape index (κ3) is 24.9. The number of likely N-dealkylation sites (tertiary alicyclic amines) is 3. The Morgan fingerprint density at radius 2 is 0.672 bits per heavy atom. The number of carboxylic acid groups (broad SMARTS) is 2. The number of halogens is 4. The number of ether oxygens (including phenoxy) is 6. The molecule has 672 valence electrons. The van der Waals surface area contributed by atoms with E-state index in [1.54, 1.807) is 42.5 Å². The molecule has 9 N–H and O–H groups in total. The van der Waals surface area contributed by atoms with Crippen molar-refractivity contribution < 1.29 is 95.5 Å². The normalized spacial score (nSPS) is 22.2. The Hall–Kier alpha value is -10.7. The average Bonchev–Trinajstić information content (AvgIpc) is 1.58. The van der Waals surface area contributed by atoms with Crippen molar-refractivity contribution in [2.45, 2.75) is 107 Å². The number of aliphatic carboxylic acids is 2. The number of nitrogens with one attached hydrogen (secondary N) is 4. The number of carboxylic acids is 2. The summed E-state index contributed by atoms with van der Waals surface area (Å²) in [5, 5.41) is 63.5. The minimum absolute atomic E-state index is 0.0506. The largest absolute Gasteiger partial charge is 0.486 e. The minimum Gasteiger partial charge on any atom is -0.486 e. The van der Waals surface area contributed by atoms with Gasteiger partial charge in [-0.3, -0.25) is 24.0 Å². The van der Waals surface area contributed by atoms with Crippen LogP contribution in [0.2, 0.25) is 0 Å². The van der Waals surface area contributed by atoms with E-state index in [0.29, 0.717) is 162 Å². The molecule has 0 spiro atoms. The zero-order valence-corrected chi connectivity index (χ0v) is 70.5. The number of benzene rings is 6. The lowest BCUT2D eigenvalue weighted by Crippen LogP contribution is -2.48. The highest BCUT2D eigenvalue weighted by atomic mass is 19.1. The van der Waals surface area contributed by atoms with Gasteiger partial charge in [-0.2, -0.15) is 0 Å². The van der Waals surface area contributed by atoms with Crippen LogP contribution in [0.15, 0.2) is 146 Å². The first-order chi connectivity index (χ1) is 60.7. The Bertz CT molecular complexity index is 4300. The van der Waals surface area contributed by atoms with Gasteiger partial charge < -0.3 is 110 Å². The van der Waals surface area contributed by atoms with Crippen LogP contribution in [0.25, 0.3) is 0 Å². The van der Waals surface area contributed by atoms with Gasteiger partial charge in [0.2, 0.25) is 17.7 Å². The van der Waals surface area contributed by atoms with Gasteiger partial charge in [0.05, 0.1) is 53.9 Å². The number of hydrogen-bond acceptors (Lipinski definition) is 23. The van der Waals surface area contributed by atoms with Crippen molar-refractivity contribution in [3.05, 3.63) is 186 Å². The van der Waals surface area contributed by atoms with E-state index in [1.165, 1.54) is 42.5 Å². The molecule has 0 saturated carbocycles. The van der Waals surface area contributed by atoms with Gasteiger partial charge in [-0.1, -0.05) is 18.2 Å². The summed E-state index contributed by atoms with van der Waals surface area (Å²) in [7, 11) is 0. The second-order valence-electron chi connectivity index (χ2n) is 33.8. The van der Waals surface area contributed by atoms with Crippen molar-refractivity contribution in [1.29, 1.82) is 0 Å². The summed E-state index contributed by atoms with van der Waals surface area (Å²) in [4.78, 5) is 79.6. The lowest BCUT2D eigenvalue weighted by molar-refractivity contribution is -0.141. The second-order valence-corrected chi connectivity index (χ2v) is 33.8. The third-order valence-electron chi connectivity index (χ3n) is 25.0. The molecule has 125 heavy (non-hydrogen) atoms. The number of pyridine rings is 1. The molecule has 32 heteroatoms. The monoisotopic (exact) mass is 1730 g/mol. The second kappa shape index (κ2) is 43.9. The van der Waals surface area contributed by atoms with Gasteiger partial charge in [0.25, 0.3) is 0 Å². The smallest absolute Gasteiger partial charge is 0.308 e. The Morgan fingerprint density at radius 1 is 0.368 bits per heavy atom. The summed E-state index contributed by atoms with van der Waals surface area (Å²) in [5.41, 5.74) is 4.86. The quantitative estimate of drug-likeness (QED) is 0.0255. The van der Waals surface area contributed by atoms with Gasteiger partial charge >= 0.3 is 11.9 Å². The van der Waals surface area contributed by atoms with Crippen LogP contribution in [0.1, 0.15) is 106 Å². The molecule has 0 radical (unpaired) electrons. The number of carbonyl (C=O) groups excluding carboxylic acids is 3. The van der Waals surface area contributed by atoms with Crippen molar-refractivity contribution in [3.8, 4) is 34.5 Å². The number of aliphatic hydroxyl groups is 3. The van der Waals surface area contributed by atoms with Gasteiger partial charge in [0, 0.05) is 95.6 Å². The zero-order chi connectivity index (χ0) is 87.3. The zero-order valence-electron chi connectivity index (χ0n) is 70.5. The van der Waals surface area contributed by atoms with Crippen LogP contribution in [0.4, 0.5) is 40.4 Å². The van der Waals surface area contributed by atoms with E-state index in [0.717, 1.165) is 153 Å². The van der Waals surface area contributed by atoms with Crippen molar-refractivity contribution >= 4 is 52.5 Å².